The monoisotopic (exact) mass is 398 g/mol. The highest BCUT2D eigenvalue weighted by atomic mass is 32.2. The average molecular weight is 398 g/mol. The number of amides is 1. The smallest absolute Gasteiger partial charge is 0.299 e. The number of benzene rings is 2. The molecular formula is C20H19FN4O2S. The molecule has 1 unspecified atom stereocenters. The van der Waals surface area contributed by atoms with Crippen molar-refractivity contribution < 1.29 is 14.4 Å². The second-order valence-corrected chi connectivity index (χ2v) is 8.00. The summed E-state index contributed by atoms with van der Waals surface area (Å²) in [6.45, 7) is 2.66. The zero-order chi connectivity index (χ0) is 19.7. The highest BCUT2D eigenvalue weighted by Gasteiger charge is 2.26. The van der Waals surface area contributed by atoms with Crippen LogP contribution >= 0.6 is 11.8 Å². The van der Waals surface area contributed by atoms with Crippen LogP contribution in [0.25, 0.3) is 0 Å². The number of amidine groups is 1. The maximum absolute atomic E-state index is 13.3. The van der Waals surface area contributed by atoms with Gasteiger partial charge in [-0.25, -0.2) is 9.82 Å². The molecule has 8 heteroatoms. The molecular weight excluding hydrogens is 379 g/mol. The average Bonchev–Trinajstić information content (AvgIpc) is 2.70. The molecule has 2 aliphatic heterocycles. The molecule has 2 aliphatic rings. The van der Waals surface area contributed by atoms with Crippen molar-refractivity contribution >= 4 is 34.2 Å². The van der Waals surface area contributed by atoms with Crippen LogP contribution in [0, 0.1) is 5.82 Å². The fourth-order valence-electron chi connectivity index (χ4n) is 3.58. The SMILES string of the molecule is CC1SC(=O)NN=C1c1ccc2c(c1)CCCN2/C(=N\O)c1ccc(F)cc1. The maximum atomic E-state index is 13.3. The van der Waals surface area contributed by atoms with E-state index in [1.54, 1.807) is 12.1 Å². The highest BCUT2D eigenvalue weighted by molar-refractivity contribution is 8.14. The van der Waals surface area contributed by atoms with E-state index in [1.165, 1.54) is 23.9 Å². The molecule has 2 aromatic rings. The number of oxime groups is 1. The summed E-state index contributed by atoms with van der Waals surface area (Å²) >= 11 is 1.22. The van der Waals surface area contributed by atoms with Gasteiger partial charge in [-0.3, -0.25) is 4.79 Å². The number of carbonyl (C=O) groups excluding carboxylic acids is 1. The number of nitrogens with zero attached hydrogens (tertiary/aromatic N) is 3. The van der Waals surface area contributed by atoms with Gasteiger partial charge in [-0.05, 0) is 67.3 Å². The number of hydrogen-bond donors (Lipinski definition) is 2. The molecule has 6 nitrogen and oxygen atoms in total. The highest BCUT2D eigenvalue weighted by Crippen LogP contribution is 2.31. The lowest BCUT2D eigenvalue weighted by molar-refractivity contribution is 0.261. The van der Waals surface area contributed by atoms with Crippen LogP contribution in [-0.4, -0.2) is 33.8 Å². The zero-order valence-electron chi connectivity index (χ0n) is 15.2. The van der Waals surface area contributed by atoms with Crippen molar-refractivity contribution in [2.75, 3.05) is 11.4 Å². The van der Waals surface area contributed by atoms with E-state index < -0.39 is 0 Å². The van der Waals surface area contributed by atoms with Crippen molar-refractivity contribution in [2.45, 2.75) is 25.0 Å². The first-order valence-corrected chi connectivity index (χ1v) is 9.88. The van der Waals surface area contributed by atoms with Gasteiger partial charge < -0.3 is 10.1 Å². The molecule has 2 aromatic carbocycles. The van der Waals surface area contributed by atoms with E-state index >= 15 is 0 Å². The molecule has 0 radical (unpaired) electrons. The Morgan fingerprint density at radius 3 is 2.82 bits per heavy atom. The third-order valence-corrected chi connectivity index (χ3v) is 5.77. The van der Waals surface area contributed by atoms with Crippen molar-refractivity contribution in [3.8, 4) is 0 Å². The van der Waals surface area contributed by atoms with Crippen molar-refractivity contribution in [1.29, 1.82) is 0 Å². The van der Waals surface area contributed by atoms with Gasteiger partial charge in [0.1, 0.15) is 5.82 Å². The van der Waals surface area contributed by atoms with E-state index in [1.807, 2.05) is 24.0 Å². The number of fused-ring (bicyclic) bond motifs is 1. The van der Waals surface area contributed by atoms with Crippen molar-refractivity contribution in [1.82, 2.24) is 5.43 Å². The minimum absolute atomic E-state index is 0.0275. The Labute approximate surface area is 166 Å². The van der Waals surface area contributed by atoms with Crippen molar-refractivity contribution in [2.24, 2.45) is 10.3 Å². The number of carbonyl (C=O) groups is 1. The summed E-state index contributed by atoms with van der Waals surface area (Å²) in [4.78, 5) is 13.4. The van der Waals surface area contributed by atoms with Gasteiger partial charge in [0.25, 0.3) is 5.24 Å². The molecule has 0 aromatic heterocycles. The molecule has 1 amide bonds. The summed E-state index contributed by atoms with van der Waals surface area (Å²) in [7, 11) is 0. The third-order valence-electron chi connectivity index (χ3n) is 4.88. The number of nitrogens with one attached hydrogen (secondary N) is 1. The molecule has 0 saturated heterocycles. The molecule has 0 fully saturated rings. The Balaban J connectivity index is 1.68. The largest absolute Gasteiger partial charge is 0.409 e. The van der Waals surface area contributed by atoms with Crippen LogP contribution < -0.4 is 10.3 Å². The van der Waals surface area contributed by atoms with E-state index in [9.17, 15) is 14.4 Å². The molecule has 4 rings (SSSR count). The van der Waals surface area contributed by atoms with E-state index in [0.717, 1.165) is 35.4 Å². The van der Waals surface area contributed by atoms with E-state index in [2.05, 4.69) is 21.7 Å². The zero-order valence-corrected chi connectivity index (χ0v) is 16.0. The normalized spacial score (nSPS) is 19.7. The Morgan fingerprint density at radius 2 is 2.11 bits per heavy atom. The topological polar surface area (TPSA) is 77.3 Å². The molecule has 2 heterocycles. The molecule has 0 spiro atoms. The summed E-state index contributed by atoms with van der Waals surface area (Å²) in [6, 6.07) is 11.9. The minimum Gasteiger partial charge on any atom is -0.409 e. The quantitative estimate of drug-likeness (QED) is 0.347. The molecule has 0 saturated carbocycles. The van der Waals surface area contributed by atoms with Gasteiger partial charge in [-0.1, -0.05) is 23.0 Å². The lowest BCUT2D eigenvalue weighted by Crippen LogP contribution is -2.36. The first kappa shape index (κ1) is 18.5. The second kappa shape index (κ2) is 7.63. The maximum Gasteiger partial charge on any atom is 0.299 e. The first-order valence-electron chi connectivity index (χ1n) is 9.00. The molecule has 28 heavy (non-hydrogen) atoms. The number of rotatable bonds is 2. The number of anilines is 1. The summed E-state index contributed by atoms with van der Waals surface area (Å²) in [5, 5.41) is 17.2. The number of hydrazone groups is 1. The van der Waals surface area contributed by atoms with E-state index in [4.69, 9.17) is 0 Å². The van der Waals surface area contributed by atoms with E-state index in [0.29, 0.717) is 17.9 Å². The Kier molecular flexibility index (Phi) is 5.04. The first-order chi connectivity index (χ1) is 13.6. The summed E-state index contributed by atoms with van der Waals surface area (Å²) in [6.07, 6.45) is 1.78. The number of halogens is 1. The number of aryl methyl sites for hydroxylation is 1. The van der Waals surface area contributed by atoms with Gasteiger partial charge in [0.15, 0.2) is 5.84 Å². The van der Waals surface area contributed by atoms with Crippen LogP contribution in [0.3, 0.4) is 0 Å². The molecule has 0 aliphatic carbocycles. The summed E-state index contributed by atoms with van der Waals surface area (Å²) < 4.78 is 13.3. The predicted octanol–water partition coefficient (Wildman–Crippen LogP) is 3.96. The fourth-order valence-corrected chi connectivity index (χ4v) is 4.30. The summed E-state index contributed by atoms with van der Waals surface area (Å²) in [5.41, 5.74) is 7.03. The van der Waals surface area contributed by atoms with Crippen LogP contribution in [0.4, 0.5) is 14.9 Å². The van der Waals surface area contributed by atoms with Gasteiger partial charge in [-0.2, -0.15) is 5.10 Å². The van der Waals surface area contributed by atoms with Gasteiger partial charge in [-0.15, -0.1) is 0 Å². The second-order valence-electron chi connectivity index (χ2n) is 6.69. The van der Waals surface area contributed by atoms with Gasteiger partial charge in [0.2, 0.25) is 0 Å². The van der Waals surface area contributed by atoms with Crippen LogP contribution in [0.15, 0.2) is 52.7 Å². The van der Waals surface area contributed by atoms with Crippen LogP contribution in [0.5, 0.6) is 0 Å². The molecule has 1 atom stereocenters. The Morgan fingerprint density at radius 1 is 1.32 bits per heavy atom. The van der Waals surface area contributed by atoms with Crippen LogP contribution in [0.1, 0.15) is 30.0 Å². The molecule has 0 bridgehead atoms. The summed E-state index contributed by atoms with van der Waals surface area (Å²) in [5.74, 6) is 0.0527. The van der Waals surface area contributed by atoms with Crippen molar-refractivity contribution in [3.05, 3.63) is 65.0 Å². The Hall–Kier alpha value is -2.87. The Bertz CT molecular complexity index is 975. The van der Waals surface area contributed by atoms with Gasteiger partial charge in [0, 0.05) is 17.8 Å². The van der Waals surface area contributed by atoms with Crippen LogP contribution in [-0.2, 0) is 6.42 Å². The van der Waals surface area contributed by atoms with Gasteiger partial charge >= 0.3 is 0 Å². The predicted molar refractivity (Wildman–Crippen MR) is 109 cm³/mol. The van der Waals surface area contributed by atoms with Crippen molar-refractivity contribution in [3.63, 3.8) is 0 Å². The lowest BCUT2D eigenvalue weighted by atomic mass is 9.96. The fraction of sp³-hybridized carbons (Fsp3) is 0.250. The van der Waals surface area contributed by atoms with Crippen LogP contribution in [0.2, 0.25) is 0 Å². The molecule has 144 valence electrons. The number of thioether (sulfide) groups is 1. The standard InChI is InChI=1S/C20H19FN4O2S/c1-12-18(22-23-20(26)28-12)15-6-9-17-14(11-15)3-2-10-25(17)19(24-27)13-4-7-16(21)8-5-13/h4-9,11-12,27H,2-3,10H2,1H3,(H,23,26)/b24-19-. The van der Waals surface area contributed by atoms with Gasteiger partial charge in [0.05, 0.1) is 11.0 Å². The molecule has 2 N–H and O–H groups in total. The third kappa shape index (κ3) is 3.47. The van der Waals surface area contributed by atoms with E-state index in [-0.39, 0.29) is 16.3 Å². The minimum atomic E-state index is -0.336. The number of hydrogen-bond acceptors (Lipinski definition) is 5. The lowest BCUT2D eigenvalue weighted by Gasteiger charge is -2.32.